The number of likely N-dealkylation sites (N-methyl/N-ethyl adjacent to an activating group) is 1. The van der Waals surface area contributed by atoms with Gasteiger partial charge in [-0.15, -0.1) is 0 Å². The Morgan fingerprint density at radius 1 is 0.967 bits per heavy atom. The van der Waals surface area contributed by atoms with Gasteiger partial charge in [0.2, 0.25) is 0 Å². The molecule has 0 aromatic heterocycles. The van der Waals surface area contributed by atoms with E-state index in [0.29, 0.717) is 13.1 Å². The number of morpholine rings is 1. The van der Waals surface area contributed by atoms with Crippen LogP contribution in [-0.2, 0) is 17.7 Å². The van der Waals surface area contributed by atoms with Crippen molar-refractivity contribution in [3.63, 3.8) is 0 Å². The molecule has 0 spiro atoms. The summed E-state index contributed by atoms with van der Waals surface area (Å²) in [7, 11) is 4.04. The van der Waals surface area contributed by atoms with Crippen LogP contribution in [-0.4, -0.2) is 80.8 Å². The third-order valence-electron chi connectivity index (χ3n) is 5.35. The first-order chi connectivity index (χ1) is 14.6. The van der Waals surface area contributed by atoms with Crippen molar-refractivity contribution in [1.29, 1.82) is 0 Å². The summed E-state index contributed by atoms with van der Waals surface area (Å²) in [6.45, 7) is 6.82. The van der Waals surface area contributed by atoms with Crippen molar-refractivity contribution in [2.24, 2.45) is 0 Å². The minimum atomic E-state index is -0.0678. The Kier molecular flexibility index (Phi) is 8.68. The number of urea groups is 1. The fourth-order valence-electron chi connectivity index (χ4n) is 3.45. The van der Waals surface area contributed by atoms with E-state index >= 15 is 0 Å². The minimum Gasteiger partial charge on any atom is -0.379 e. The van der Waals surface area contributed by atoms with Gasteiger partial charge in [-0.2, -0.15) is 0 Å². The van der Waals surface area contributed by atoms with E-state index in [9.17, 15) is 4.79 Å². The minimum absolute atomic E-state index is 0.0678. The van der Waals surface area contributed by atoms with Crippen molar-refractivity contribution in [2.75, 3.05) is 65.3 Å². The zero-order chi connectivity index (χ0) is 21.2. The van der Waals surface area contributed by atoms with Crippen molar-refractivity contribution < 1.29 is 9.53 Å². The maximum Gasteiger partial charge on any atom is 0.322 e. The molecule has 3 rings (SSSR count). The number of benzene rings is 2. The highest BCUT2D eigenvalue weighted by Crippen LogP contribution is 2.13. The van der Waals surface area contributed by atoms with Crippen LogP contribution in [0.5, 0.6) is 0 Å². The smallest absolute Gasteiger partial charge is 0.322 e. The van der Waals surface area contributed by atoms with E-state index in [1.165, 1.54) is 5.56 Å². The molecule has 1 saturated heterocycles. The zero-order valence-corrected chi connectivity index (χ0v) is 18.2. The Bertz CT molecular complexity index is 759. The molecule has 1 aliphatic rings. The van der Waals surface area contributed by atoms with Crippen LogP contribution in [0.15, 0.2) is 54.6 Å². The molecule has 1 aliphatic heterocycles. The van der Waals surface area contributed by atoms with Gasteiger partial charge >= 0.3 is 6.03 Å². The highest BCUT2D eigenvalue weighted by molar-refractivity contribution is 5.89. The van der Waals surface area contributed by atoms with E-state index in [1.807, 2.05) is 49.3 Å². The first-order valence-corrected chi connectivity index (χ1v) is 10.7. The van der Waals surface area contributed by atoms with Gasteiger partial charge in [0.15, 0.2) is 0 Å². The second-order valence-corrected chi connectivity index (χ2v) is 8.04. The molecule has 1 heterocycles. The van der Waals surface area contributed by atoms with E-state index in [0.717, 1.165) is 57.1 Å². The SMILES string of the molecule is CN(C)CCN(Cc1ccccc1)C(=O)Nc1ccc(CCN2CCOCC2)cc1. The van der Waals surface area contributed by atoms with Gasteiger partial charge in [0, 0.05) is 45.0 Å². The first kappa shape index (κ1) is 22.3. The van der Waals surface area contributed by atoms with Crippen LogP contribution in [0, 0.1) is 0 Å². The molecule has 2 aromatic rings. The fraction of sp³-hybridized carbons (Fsp3) is 0.458. The van der Waals surface area contributed by atoms with Gasteiger partial charge in [-0.3, -0.25) is 4.90 Å². The van der Waals surface area contributed by atoms with Gasteiger partial charge in [0.25, 0.3) is 0 Å². The lowest BCUT2D eigenvalue weighted by Crippen LogP contribution is -2.39. The summed E-state index contributed by atoms with van der Waals surface area (Å²) < 4.78 is 5.40. The monoisotopic (exact) mass is 410 g/mol. The average Bonchev–Trinajstić information content (AvgIpc) is 2.77. The van der Waals surface area contributed by atoms with E-state index in [-0.39, 0.29) is 6.03 Å². The lowest BCUT2D eigenvalue weighted by molar-refractivity contribution is 0.0384. The second kappa shape index (κ2) is 11.7. The fourth-order valence-corrected chi connectivity index (χ4v) is 3.45. The number of ether oxygens (including phenoxy) is 1. The molecule has 0 unspecified atom stereocenters. The molecule has 0 radical (unpaired) electrons. The molecule has 6 nitrogen and oxygen atoms in total. The Labute approximate surface area is 180 Å². The number of amides is 2. The second-order valence-electron chi connectivity index (χ2n) is 8.04. The van der Waals surface area contributed by atoms with Crippen LogP contribution >= 0.6 is 0 Å². The van der Waals surface area contributed by atoms with Crippen LogP contribution in [0.4, 0.5) is 10.5 Å². The van der Waals surface area contributed by atoms with Crippen molar-refractivity contribution >= 4 is 11.7 Å². The molecule has 2 amide bonds. The van der Waals surface area contributed by atoms with E-state index < -0.39 is 0 Å². The maximum atomic E-state index is 12.9. The van der Waals surface area contributed by atoms with Crippen LogP contribution in [0.3, 0.4) is 0 Å². The molecule has 0 saturated carbocycles. The maximum absolute atomic E-state index is 12.9. The van der Waals surface area contributed by atoms with E-state index in [4.69, 9.17) is 4.74 Å². The molecule has 6 heteroatoms. The lowest BCUT2D eigenvalue weighted by atomic mass is 10.1. The summed E-state index contributed by atoms with van der Waals surface area (Å²) in [6, 6.07) is 18.3. The molecule has 2 aromatic carbocycles. The number of nitrogens with zero attached hydrogens (tertiary/aromatic N) is 3. The summed E-state index contributed by atoms with van der Waals surface area (Å²) in [5, 5.41) is 3.06. The normalized spacial score (nSPS) is 14.6. The number of hydrogen-bond acceptors (Lipinski definition) is 4. The Morgan fingerprint density at radius 2 is 1.67 bits per heavy atom. The molecule has 0 atom stereocenters. The van der Waals surface area contributed by atoms with E-state index in [2.05, 4.69) is 39.4 Å². The van der Waals surface area contributed by atoms with Crippen LogP contribution in [0.1, 0.15) is 11.1 Å². The van der Waals surface area contributed by atoms with Crippen molar-refractivity contribution in [3.05, 3.63) is 65.7 Å². The van der Waals surface area contributed by atoms with Crippen molar-refractivity contribution in [2.45, 2.75) is 13.0 Å². The van der Waals surface area contributed by atoms with Gasteiger partial charge in [0.05, 0.1) is 13.2 Å². The zero-order valence-electron chi connectivity index (χ0n) is 18.2. The van der Waals surface area contributed by atoms with Gasteiger partial charge in [0.1, 0.15) is 0 Å². The number of hydrogen-bond donors (Lipinski definition) is 1. The topological polar surface area (TPSA) is 48.0 Å². The van der Waals surface area contributed by atoms with Crippen molar-refractivity contribution in [3.8, 4) is 0 Å². The third kappa shape index (κ3) is 7.44. The number of carbonyl (C=O) groups excluding carboxylic acids is 1. The predicted octanol–water partition coefficient (Wildman–Crippen LogP) is 3.16. The van der Waals surface area contributed by atoms with Gasteiger partial charge < -0.3 is 19.9 Å². The van der Waals surface area contributed by atoms with Crippen LogP contribution in [0.25, 0.3) is 0 Å². The predicted molar refractivity (Wildman–Crippen MR) is 122 cm³/mol. The summed E-state index contributed by atoms with van der Waals surface area (Å²) in [6.07, 6.45) is 1.01. The van der Waals surface area contributed by atoms with E-state index in [1.54, 1.807) is 0 Å². The lowest BCUT2D eigenvalue weighted by Gasteiger charge is -2.26. The average molecular weight is 411 g/mol. The summed E-state index contributed by atoms with van der Waals surface area (Å²) in [5.74, 6) is 0. The number of anilines is 1. The standard InChI is InChI=1S/C24H34N4O2/c1-26(2)14-15-28(20-22-6-4-3-5-7-22)24(29)25-23-10-8-21(9-11-23)12-13-27-16-18-30-19-17-27/h3-11H,12-20H2,1-2H3,(H,25,29). The highest BCUT2D eigenvalue weighted by Gasteiger charge is 2.15. The molecule has 1 N–H and O–H groups in total. The van der Waals surface area contributed by atoms with Gasteiger partial charge in [-0.25, -0.2) is 4.79 Å². The van der Waals surface area contributed by atoms with Crippen LogP contribution in [0.2, 0.25) is 0 Å². The van der Waals surface area contributed by atoms with Gasteiger partial charge in [-0.05, 0) is 43.8 Å². The number of carbonyl (C=O) groups is 1. The number of rotatable bonds is 9. The third-order valence-corrected chi connectivity index (χ3v) is 5.35. The summed E-state index contributed by atoms with van der Waals surface area (Å²) >= 11 is 0. The Hall–Kier alpha value is -2.41. The highest BCUT2D eigenvalue weighted by atomic mass is 16.5. The number of nitrogens with one attached hydrogen (secondary N) is 1. The summed E-state index contributed by atoms with van der Waals surface area (Å²) in [5.41, 5.74) is 3.25. The van der Waals surface area contributed by atoms with Crippen molar-refractivity contribution in [1.82, 2.24) is 14.7 Å². The first-order valence-electron chi connectivity index (χ1n) is 10.7. The quantitative estimate of drug-likeness (QED) is 0.690. The largest absolute Gasteiger partial charge is 0.379 e. The molecule has 162 valence electrons. The molecular weight excluding hydrogens is 376 g/mol. The molecular formula is C24H34N4O2. The molecule has 1 fully saturated rings. The summed E-state index contributed by atoms with van der Waals surface area (Å²) in [4.78, 5) is 19.3. The molecule has 30 heavy (non-hydrogen) atoms. The molecule has 0 bridgehead atoms. The Balaban J connectivity index is 1.54. The Morgan fingerprint density at radius 3 is 2.33 bits per heavy atom. The van der Waals surface area contributed by atoms with Gasteiger partial charge in [-0.1, -0.05) is 42.5 Å². The molecule has 0 aliphatic carbocycles. The van der Waals surface area contributed by atoms with Crippen LogP contribution < -0.4 is 5.32 Å².